The predicted octanol–water partition coefficient (Wildman–Crippen LogP) is 4.70. The van der Waals surface area contributed by atoms with Crippen LogP contribution in [-0.2, 0) is 14.3 Å². The second kappa shape index (κ2) is 10.5. The Hall–Kier alpha value is -3.35. The third-order valence-electron chi connectivity index (χ3n) is 7.48. The highest BCUT2D eigenvalue weighted by Gasteiger charge is 2.43. The third kappa shape index (κ3) is 5.34. The molecule has 1 saturated carbocycles. The summed E-state index contributed by atoms with van der Waals surface area (Å²) in [6.07, 6.45) is 2.13. The normalized spacial score (nSPS) is 16.9. The lowest BCUT2D eigenvalue weighted by atomic mass is 9.91. The minimum Gasteiger partial charge on any atom is -0.481 e. The number of alkyl carbamates (subject to hydrolysis) is 1. The molecule has 35 heavy (non-hydrogen) atoms. The van der Waals surface area contributed by atoms with Crippen LogP contribution in [0.25, 0.3) is 11.1 Å². The van der Waals surface area contributed by atoms with Gasteiger partial charge in [-0.25, -0.2) is 4.79 Å². The summed E-state index contributed by atoms with van der Waals surface area (Å²) in [5.74, 6) is -1.26. The van der Waals surface area contributed by atoms with Crippen molar-refractivity contribution in [2.75, 3.05) is 13.2 Å². The smallest absolute Gasteiger partial charge is 0.408 e. The van der Waals surface area contributed by atoms with Crippen molar-refractivity contribution >= 4 is 18.0 Å². The van der Waals surface area contributed by atoms with Crippen LogP contribution in [0.1, 0.15) is 63.0 Å². The summed E-state index contributed by atoms with van der Waals surface area (Å²) in [5, 5.41) is 14.9. The van der Waals surface area contributed by atoms with E-state index in [1.165, 1.54) is 0 Å². The Balaban J connectivity index is 1.40. The van der Waals surface area contributed by atoms with Crippen molar-refractivity contribution in [2.45, 2.75) is 57.4 Å². The Morgan fingerprint density at radius 2 is 1.57 bits per heavy atom. The monoisotopic (exact) mass is 478 g/mol. The van der Waals surface area contributed by atoms with E-state index in [4.69, 9.17) is 9.84 Å². The Kier molecular flexibility index (Phi) is 7.43. The van der Waals surface area contributed by atoms with Gasteiger partial charge in [-0.2, -0.15) is 0 Å². The number of hydrogen-bond donors (Lipinski definition) is 3. The fourth-order valence-corrected chi connectivity index (χ4v) is 5.38. The molecule has 0 aromatic heterocycles. The van der Waals surface area contributed by atoms with Gasteiger partial charge in [0.05, 0.1) is 6.42 Å². The van der Waals surface area contributed by atoms with Crippen LogP contribution in [0.5, 0.6) is 0 Å². The fourth-order valence-electron chi connectivity index (χ4n) is 5.38. The zero-order chi connectivity index (χ0) is 25.0. The molecule has 2 amide bonds. The summed E-state index contributed by atoms with van der Waals surface area (Å²) in [6, 6.07) is 16.3. The molecule has 0 heterocycles. The Labute approximate surface area is 206 Å². The van der Waals surface area contributed by atoms with Gasteiger partial charge in [0.15, 0.2) is 0 Å². The van der Waals surface area contributed by atoms with Crippen LogP contribution < -0.4 is 10.6 Å². The molecule has 2 aliphatic rings. The minimum absolute atomic E-state index is 0.00917. The molecule has 186 valence electrons. The number of carbonyl (C=O) groups is 3. The topological polar surface area (TPSA) is 105 Å². The second-order valence-corrected chi connectivity index (χ2v) is 10.1. The lowest BCUT2D eigenvalue weighted by Crippen LogP contribution is -2.58. The molecule has 1 unspecified atom stereocenters. The molecular weight excluding hydrogens is 444 g/mol. The Morgan fingerprint density at radius 3 is 2.11 bits per heavy atom. The Bertz CT molecular complexity index is 1040. The van der Waals surface area contributed by atoms with Crippen molar-refractivity contribution in [3.63, 3.8) is 0 Å². The first kappa shape index (κ1) is 24.8. The quantitative estimate of drug-likeness (QED) is 0.485. The van der Waals surface area contributed by atoms with Gasteiger partial charge < -0.3 is 20.5 Å². The summed E-state index contributed by atoms with van der Waals surface area (Å²) < 4.78 is 5.69. The van der Waals surface area contributed by atoms with Crippen molar-refractivity contribution in [1.29, 1.82) is 0 Å². The number of benzene rings is 2. The molecule has 1 atom stereocenters. The molecule has 0 aliphatic heterocycles. The van der Waals surface area contributed by atoms with Crippen LogP contribution in [0.15, 0.2) is 48.5 Å². The van der Waals surface area contributed by atoms with E-state index in [1.54, 1.807) is 0 Å². The summed E-state index contributed by atoms with van der Waals surface area (Å²) in [7, 11) is 0. The predicted molar refractivity (Wildman–Crippen MR) is 133 cm³/mol. The maximum Gasteiger partial charge on any atom is 0.408 e. The first-order valence-corrected chi connectivity index (χ1v) is 12.4. The zero-order valence-corrected chi connectivity index (χ0v) is 20.4. The molecule has 3 N–H and O–H groups in total. The lowest BCUT2D eigenvalue weighted by Gasteiger charge is -2.30. The SMILES string of the molecule is CC(C)C(CNC(=O)C1(NC(=O)OCC2c3ccccc3-c3ccccc32)CCCC1)CC(=O)O. The van der Waals surface area contributed by atoms with Crippen LogP contribution in [0.2, 0.25) is 0 Å². The van der Waals surface area contributed by atoms with Crippen molar-refractivity contribution in [1.82, 2.24) is 10.6 Å². The summed E-state index contributed by atoms with van der Waals surface area (Å²) >= 11 is 0. The average Bonchev–Trinajstić information content (AvgIpc) is 3.43. The van der Waals surface area contributed by atoms with Gasteiger partial charge in [0.25, 0.3) is 0 Å². The number of rotatable bonds is 9. The molecule has 0 saturated heterocycles. The lowest BCUT2D eigenvalue weighted by molar-refractivity contribution is -0.139. The van der Waals surface area contributed by atoms with Crippen LogP contribution in [0.3, 0.4) is 0 Å². The first-order chi connectivity index (χ1) is 16.8. The van der Waals surface area contributed by atoms with E-state index < -0.39 is 17.6 Å². The number of hydrogen-bond acceptors (Lipinski definition) is 4. The van der Waals surface area contributed by atoms with E-state index in [2.05, 4.69) is 34.9 Å². The van der Waals surface area contributed by atoms with Gasteiger partial charge in [-0.15, -0.1) is 0 Å². The standard InChI is InChI=1S/C28H34N2O5/c1-18(2)19(15-25(31)32)16-29-26(33)28(13-7-8-14-28)30-27(34)35-17-24-22-11-5-3-9-20(22)21-10-4-6-12-23(21)24/h3-6,9-12,18-19,24H,7-8,13-17H2,1-2H3,(H,29,33)(H,30,34)(H,31,32). The third-order valence-corrected chi connectivity index (χ3v) is 7.48. The van der Waals surface area contributed by atoms with Crippen LogP contribution in [0, 0.1) is 11.8 Å². The number of fused-ring (bicyclic) bond motifs is 3. The summed E-state index contributed by atoms with van der Waals surface area (Å²) in [4.78, 5) is 37.2. The van der Waals surface area contributed by atoms with Gasteiger partial charge in [0.1, 0.15) is 12.1 Å². The van der Waals surface area contributed by atoms with E-state index in [1.807, 2.05) is 38.1 Å². The van der Waals surface area contributed by atoms with Crippen molar-refractivity contribution < 1.29 is 24.2 Å². The highest BCUT2D eigenvalue weighted by atomic mass is 16.5. The van der Waals surface area contributed by atoms with Gasteiger partial charge in [0.2, 0.25) is 5.91 Å². The van der Waals surface area contributed by atoms with E-state index in [0.29, 0.717) is 12.8 Å². The molecule has 2 aromatic rings. The van der Waals surface area contributed by atoms with Crippen molar-refractivity contribution in [3.05, 3.63) is 59.7 Å². The zero-order valence-electron chi connectivity index (χ0n) is 20.4. The minimum atomic E-state index is -1.02. The Morgan fingerprint density at radius 1 is 1.00 bits per heavy atom. The molecule has 0 bridgehead atoms. The fraction of sp³-hybridized carbons (Fsp3) is 0.464. The molecule has 1 fully saturated rings. The van der Waals surface area contributed by atoms with Gasteiger partial charge in [0, 0.05) is 12.5 Å². The van der Waals surface area contributed by atoms with Crippen molar-refractivity contribution in [2.24, 2.45) is 11.8 Å². The van der Waals surface area contributed by atoms with Gasteiger partial charge in [-0.05, 0) is 46.9 Å². The summed E-state index contributed by atoms with van der Waals surface area (Å²) in [5.41, 5.74) is 3.56. The van der Waals surface area contributed by atoms with Gasteiger partial charge in [-0.3, -0.25) is 9.59 Å². The molecule has 2 aromatic carbocycles. The number of nitrogens with one attached hydrogen (secondary N) is 2. The van der Waals surface area contributed by atoms with Gasteiger partial charge in [-0.1, -0.05) is 75.2 Å². The maximum absolute atomic E-state index is 13.2. The van der Waals surface area contributed by atoms with E-state index in [9.17, 15) is 14.4 Å². The molecule has 2 aliphatic carbocycles. The number of carboxylic acids is 1. The number of ether oxygens (including phenoxy) is 1. The van der Waals surface area contributed by atoms with Crippen LogP contribution in [0.4, 0.5) is 4.79 Å². The number of aliphatic carboxylic acids is 1. The molecule has 4 rings (SSSR count). The summed E-state index contributed by atoms with van der Waals surface area (Å²) in [6.45, 7) is 4.34. The maximum atomic E-state index is 13.2. The van der Waals surface area contributed by atoms with E-state index in [-0.39, 0.29) is 43.2 Å². The number of carboxylic acid groups (broad SMARTS) is 1. The molecule has 0 spiro atoms. The van der Waals surface area contributed by atoms with Crippen molar-refractivity contribution in [3.8, 4) is 11.1 Å². The van der Waals surface area contributed by atoms with Gasteiger partial charge >= 0.3 is 12.1 Å². The number of amides is 2. The molecular formula is C28H34N2O5. The molecule has 7 heteroatoms. The largest absolute Gasteiger partial charge is 0.481 e. The molecule has 7 nitrogen and oxygen atoms in total. The second-order valence-electron chi connectivity index (χ2n) is 10.1. The van der Waals surface area contributed by atoms with Crippen LogP contribution in [-0.4, -0.2) is 41.8 Å². The average molecular weight is 479 g/mol. The number of carbonyl (C=O) groups excluding carboxylic acids is 2. The molecule has 0 radical (unpaired) electrons. The first-order valence-electron chi connectivity index (χ1n) is 12.4. The van der Waals surface area contributed by atoms with E-state index in [0.717, 1.165) is 35.1 Å². The van der Waals surface area contributed by atoms with Crippen LogP contribution >= 0.6 is 0 Å². The highest BCUT2D eigenvalue weighted by molar-refractivity contribution is 5.90. The van der Waals surface area contributed by atoms with E-state index >= 15 is 0 Å². The highest BCUT2D eigenvalue weighted by Crippen LogP contribution is 2.44.